The van der Waals surface area contributed by atoms with Crippen molar-refractivity contribution in [1.82, 2.24) is 9.88 Å². The first-order chi connectivity index (χ1) is 12.4. The Morgan fingerprint density at radius 1 is 1.38 bits per heavy atom. The van der Waals surface area contributed by atoms with Gasteiger partial charge in [-0.3, -0.25) is 9.69 Å². The Morgan fingerprint density at radius 2 is 2.12 bits per heavy atom. The van der Waals surface area contributed by atoms with Gasteiger partial charge in [-0.2, -0.15) is 0 Å². The Hall–Kier alpha value is -2.06. The van der Waals surface area contributed by atoms with Gasteiger partial charge in [0.25, 0.3) is 0 Å². The van der Waals surface area contributed by atoms with Crippen LogP contribution in [0.5, 0.6) is 0 Å². The second-order valence-electron chi connectivity index (χ2n) is 6.50. The van der Waals surface area contributed by atoms with Gasteiger partial charge >= 0.3 is 6.09 Å². The van der Waals surface area contributed by atoms with Crippen LogP contribution < -0.4 is 10.6 Å². The molecule has 2 aromatic rings. The Balaban J connectivity index is 1.53. The summed E-state index contributed by atoms with van der Waals surface area (Å²) in [6.45, 7) is 1.87. The van der Waals surface area contributed by atoms with E-state index in [4.69, 9.17) is 22.4 Å². The number of aromatic nitrogens is 1. The summed E-state index contributed by atoms with van der Waals surface area (Å²) in [7, 11) is 0. The fraction of sp³-hybridized carbons (Fsp3) is 0.471. The zero-order valence-corrected chi connectivity index (χ0v) is 15.8. The van der Waals surface area contributed by atoms with E-state index in [0.717, 1.165) is 52.6 Å². The van der Waals surface area contributed by atoms with E-state index in [2.05, 4.69) is 9.88 Å². The average molecular weight is 397 g/mol. The molecule has 1 fully saturated rings. The Bertz CT molecular complexity index is 804. The molecule has 1 saturated heterocycles. The highest BCUT2D eigenvalue weighted by molar-refractivity contribution is 7.22. The minimum absolute atomic E-state index is 0.248. The van der Waals surface area contributed by atoms with Gasteiger partial charge in [0.05, 0.1) is 10.2 Å². The number of primary amides is 1. The molecule has 1 aromatic heterocycles. The molecule has 1 aromatic carbocycles. The highest BCUT2D eigenvalue weighted by Crippen LogP contribution is 2.33. The first kappa shape index (κ1) is 18.7. The molecule has 140 valence electrons. The van der Waals surface area contributed by atoms with Crippen molar-refractivity contribution in [3.8, 4) is 0 Å². The Kier molecular flexibility index (Phi) is 5.83. The molecular weight excluding hydrogens is 376 g/mol. The molecule has 0 unspecified atom stereocenters. The van der Waals surface area contributed by atoms with Crippen LogP contribution in [0.25, 0.3) is 10.2 Å². The molecule has 1 aliphatic rings. The average Bonchev–Trinajstić information content (AvgIpc) is 3.01. The highest BCUT2D eigenvalue weighted by atomic mass is 35.5. The summed E-state index contributed by atoms with van der Waals surface area (Å²) < 4.78 is 1.12. The van der Waals surface area contributed by atoms with Crippen molar-refractivity contribution in [1.29, 1.82) is 0 Å². The zero-order chi connectivity index (χ0) is 18.7. The molecule has 9 heteroatoms. The van der Waals surface area contributed by atoms with Crippen LogP contribution in [0, 0.1) is 5.92 Å². The number of nitrogens with two attached hydrogens (primary N) is 1. The van der Waals surface area contributed by atoms with E-state index < -0.39 is 12.0 Å². The van der Waals surface area contributed by atoms with Crippen LogP contribution in [0.15, 0.2) is 18.2 Å². The fourth-order valence-corrected chi connectivity index (χ4v) is 4.37. The molecule has 0 radical (unpaired) electrons. The fourth-order valence-electron chi connectivity index (χ4n) is 3.21. The number of amides is 2. The molecule has 3 N–H and O–H groups in total. The third-order valence-electron chi connectivity index (χ3n) is 4.65. The maximum Gasteiger partial charge on any atom is 0.407 e. The molecule has 0 aliphatic carbocycles. The summed E-state index contributed by atoms with van der Waals surface area (Å²) in [5.74, 6) is -0.192. The number of anilines is 1. The summed E-state index contributed by atoms with van der Waals surface area (Å²) in [6, 6.07) is 5.74. The summed E-state index contributed by atoms with van der Waals surface area (Å²) >= 11 is 7.68. The van der Waals surface area contributed by atoms with Gasteiger partial charge in [-0.15, -0.1) is 0 Å². The second-order valence-corrected chi connectivity index (χ2v) is 7.94. The third-order valence-corrected chi connectivity index (χ3v) is 5.98. The largest absolute Gasteiger partial charge is 0.465 e. The van der Waals surface area contributed by atoms with Crippen LogP contribution >= 0.6 is 22.9 Å². The van der Waals surface area contributed by atoms with E-state index in [-0.39, 0.29) is 6.54 Å². The summed E-state index contributed by atoms with van der Waals surface area (Å²) in [5.41, 5.74) is 6.02. The number of halogens is 1. The highest BCUT2D eigenvalue weighted by Gasteiger charge is 2.23. The lowest BCUT2D eigenvalue weighted by molar-refractivity contribution is -0.118. The number of carbonyl (C=O) groups is 2. The minimum atomic E-state index is -1.10. The molecule has 1 aliphatic heterocycles. The van der Waals surface area contributed by atoms with E-state index in [1.165, 1.54) is 0 Å². The number of hydrogen-bond donors (Lipinski definition) is 2. The van der Waals surface area contributed by atoms with Crippen molar-refractivity contribution < 1.29 is 14.7 Å². The van der Waals surface area contributed by atoms with Gasteiger partial charge in [0.1, 0.15) is 6.54 Å². The van der Waals surface area contributed by atoms with Crippen LogP contribution in [0.1, 0.15) is 19.3 Å². The number of piperidine rings is 1. The molecule has 3 rings (SSSR count). The normalized spacial score (nSPS) is 15.3. The van der Waals surface area contributed by atoms with Crippen molar-refractivity contribution in [2.24, 2.45) is 11.7 Å². The SMILES string of the molecule is NC(=O)CN(CCC1CCN(c2nc3cc(Cl)ccc3s2)CC1)C(=O)O. The van der Waals surface area contributed by atoms with Gasteiger partial charge in [0, 0.05) is 24.7 Å². The first-order valence-corrected chi connectivity index (χ1v) is 9.69. The second kappa shape index (κ2) is 8.09. The van der Waals surface area contributed by atoms with Crippen molar-refractivity contribution in [3.05, 3.63) is 23.2 Å². The van der Waals surface area contributed by atoms with Crippen molar-refractivity contribution in [2.45, 2.75) is 19.3 Å². The summed E-state index contributed by atoms with van der Waals surface area (Å²) in [4.78, 5) is 30.1. The van der Waals surface area contributed by atoms with E-state index in [9.17, 15) is 9.59 Å². The third kappa shape index (κ3) is 4.56. The number of carbonyl (C=O) groups excluding carboxylic acids is 1. The lowest BCUT2D eigenvalue weighted by atomic mass is 9.93. The number of nitrogens with zero attached hydrogens (tertiary/aromatic N) is 3. The predicted octanol–water partition coefficient (Wildman–Crippen LogP) is 3.02. The summed E-state index contributed by atoms with van der Waals surface area (Å²) in [5, 5.41) is 10.8. The lowest BCUT2D eigenvalue weighted by Gasteiger charge is -2.32. The number of fused-ring (bicyclic) bond motifs is 1. The van der Waals surface area contributed by atoms with Crippen LogP contribution in [0.2, 0.25) is 5.02 Å². The number of hydrogen-bond acceptors (Lipinski definition) is 5. The first-order valence-electron chi connectivity index (χ1n) is 8.49. The monoisotopic (exact) mass is 396 g/mol. The van der Waals surface area contributed by atoms with Gasteiger partial charge < -0.3 is 15.7 Å². The van der Waals surface area contributed by atoms with E-state index in [1.54, 1.807) is 11.3 Å². The molecular formula is C17H21ClN4O3S. The molecule has 0 bridgehead atoms. The smallest absolute Gasteiger partial charge is 0.407 e. The number of carboxylic acid groups (broad SMARTS) is 1. The van der Waals surface area contributed by atoms with Gasteiger partial charge in [-0.05, 0) is 43.4 Å². The van der Waals surface area contributed by atoms with Crippen molar-refractivity contribution in [3.63, 3.8) is 0 Å². The minimum Gasteiger partial charge on any atom is -0.465 e. The number of thiazole rings is 1. The Labute approximate surface area is 160 Å². The molecule has 2 heterocycles. The van der Waals surface area contributed by atoms with Crippen LogP contribution in [0.3, 0.4) is 0 Å². The van der Waals surface area contributed by atoms with Crippen molar-refractivity contribution in [2.75, 3.05) is 31.1 Å². The van der Waals surface area contributed by atoms with Gasteiger partial charge in [-0.25, -0.2) is 9.78 Å². The quantitative estimate of drug-likeness (QED) is 0.781. The van der Waals surface area contributed by atoms with Gasteiger partial charge in [0.15, 0.2) is 5.13 Å². The predicted molar refractivity (Wildman–Crippen MR) is 103 cm³/mol. The van der Waals surface area contributed by atoms with Crippen LogP contribution in [-0.4, -0.2) is 53.2 Å². The van der Waals surface area contributed by atoms with Crippen LogP contribution in [0.4, 0.5) is 9.93 Å². The van der Waals surface area contributed by atoms with Gasteiger partial charge in [0.2, 0.25) is 5.91 Å². The van der Waals surface area contributed by atoms with E-state index in [1.807, 2.05) is 18.2 Å². The van der Waals surface area contributed by atoms with Crippen LogP contribution in [-0.2, 0) is 4.79 Å². The standard InChI is InChI=1S/C17H21ClN4O3S/c18-12-1-2-14-13(9-12)20-16(26-14)21-6-3-11(4-7-21)5-8-22(17(24)25)10-15(19)23/h1-2,9,11H,3-8,10H2,(H2,19,23)(H,24,25). The topological polar surface area (TPSA) is 99.8 Å². The maximum atomic E-state index is 11.1. The Morgan fingerprint density at radius 3 is 2.77 bits per heavy atom. The maximum absolute atomic E-state index is 11.1. The number of benzene rings is 1. The number of rotatable bonds is 6. The van der Waals surface area contributed by atoms with E-state index in [0.29, 0.717) is 17.5 Å². The summed E-state index contributed by atoms with van der Waals surface area (Å²) in [6.07, 6.45) is 1.58. The molecule has 2 amide bonds. The molecule has 0 saturated carbocycles. The molecule has 7 nitrogen and oxygen atoms in total. The lowest BCUT2D eigenvalue weighted by Crippen LogP contribution is -2.40. The van der Waals surface area contributed by atoms with Crippen molar-refractivity contribution >= 4 is 50.3 Å². The molecule has 26 heavy (non-hydrogen) atoms. The molecule has 0 spiro atoms. The zero-order valence-electron chi connectivity index (χ0n) is 14.2. The molecule has 0 atom stereocenters. The van der Waals surface area contributed by atoms with E-state index >= 15 is 0 Å². The van der Waals surface area contributed by atoms with Gasteiger partial charge in [-0.1, -0.05) is 22.9 Å².